The second-order valence-corrected chi connectivity index (χ2v) is 4.91. The molecule has 96 valence electrons. The Morgan fingerprint density at radius 3 is 2.47 bits per heavy atom. The molecule has 0 amide bonds. The molecule has 0 saturated heterocycles. The molecule has 0 unspecified atom stereocenters. The van der Waals surface area contributed by atoms with Crippen molar-refractivity contribution in [3.8, 4) is 0 Å². The number of halogens is 2. The highest BCUT2D eigenvalue weighted by atomic mass is 19.2. The molecule has 1 atom stereocenters. The Morgan fingerprint density at radius 1 is 1.29 bits per heavy atom. The Kier molecular flexibility index (Phi) is 4.60. The third-order valence-electron chi connectivity index (χ3n) is 2.63. The maximum atomic E-state index is 13.0. The molecule has 0 fully saturated rings. The van der Waals surface area contributed by atoms with Gasteiger partial charge in [0.15, 0.2) is 11.6 Å². The van der Waals surface area contributed by atoms with Gasteiger partial charge in [-0.3, -0.25) is 0 Å². The molecule has 0 heterocycles. The van der Waals surface area contributed by atoms with E-state index in [9.17, 15) is 13.9 Å². The van der Waals surface area contributed by atoms with E-state index in [1.807, 2.05) is 6.92 Å². The molecule has 2 N–H and O–H groups in total. The summed E-state index contributed by atoms with van der Waals surface area (Å²) in [6.07, 6.45) is 0.598. The van der Waals surface area contributed by atoms with Crippen LogP contribution >= 0.6 is 0 Å². The number of hydrogen-bond donors (Lipinski definition) is 2. The highest BCUT2D eigenvalue weighted by Crippen LogP contribution is 2.16. The lowest BCUT2D eigenvalue weighted by molar-refractivity contribution is 0.0705. The molecule has 0 aliphatic rings. The van der Waals surface area contributed by atoms with Gasteiger partial charge >= 0.3 is 0 Å². The molecule has 1 rings (SSSR count). The standard InChI is InChI=1S/C13H19F2NO/c1-9(16-7-6-13(2,3)17)10-4-5-11(14)12(15)8-10/h4-5,8-9,16-17H,6-7H2,1-3H3/t9-/m0/s1. The fourth-order valence-electron chi connectivity index (χ4n) is 1.49. The smallest absolute Gasteiger partial charge is 0.159 e. The molecule has 2 nitrogen and oxygen atoms in total. The summed E-state index contributed by atoms with van der Waals surface area (Å²) in [5.41, 5.74) is -0.0273. The number of rotatable bonds is 5. The van der Waals surface area contributed by atoms with Crippen LogP contribution in [0.5, 0.6) is 0 Å². The first kappa shape index (κ1) is 14.1. The van der Waals surface area contributed by atoms with Crippen molar-refractivity contribution in [1.29, 1.82) is 0 Å². The molecule has 0 aromatic heterocycles. The first-order valence-corrected chi connectivity index (χ1v) is 5.70. The summed E-state index contributed by atoms with van der Waals surface area (Å²) >= 11 is 0. The molecule has 4 heteroatoms. The van der Waals surface area contributed by atoms with E-state index in [0.29, 0.717) is 18.5 Å². The van der Waals surface area contributed by atoms with E-state index in [2.05, 4.69) is 5.32 Å². The summed E-state index contributed by atoms with van der Waals surface area (Å²) in [7, 11) is 0. The van der Waals surface area contributed by atoms with Crippen molar-refractivity contribution in [3.63, 3.8) is 0 Å². The predicted octanol–water partition coefficient (Wildman–Crippen LogP) is 2.78. The summed E-state index contributed by atoms with van der Waals surface area (Å²) in [4.78, 5) is 0. The zero-order chi connectivity index (χ0) is 13.1. The van der Waals surface area contributed by atoms with Crippen LogP contribution in [0.4, 0.5) is 8.78 Å². The number of aliphatic hydroxyl groups is 1. The monoisotopic (exact) mass is 243 g/mol. The van der Waals surface area contributed by atoms with Crippen LogP contribution in [-0.2, 0) is 0 Å². The molecule has 0 aliphatic heterocycles. The molecule has 0 saturated carbocycles. The quantitative estimate of drug-likeness (QED) is 0.833. The normalized spacial score (nSPS) is 13.8. The maximum Gasteiger partial charge on any atom is 0.159 e. The molecule has 0 spiro atoms. The van der Waals surface area contributed by atoms with Gasteiger partial charge in [-0.25, -0.2) is 8.78 Å². The van der Waals surface area contributed by atoms with Crippen molar-refractivity contribution in [1.82, 2.24) is 5.32 Å². The van der Waals surface area contributed by atoms with Crippen LogP contribution in [0, 0.1) is 11.6 Å². The molecular weight excluding hydrogens is 224 g/mol. The Balaban J connectivity index is 2.52. The Labute approximate surface area is 101 Å². The van der Waals surface area contributed by atoms with Crippen molar-refractivity contribution in [3.05, 3.63) is 35.4 Å². The van der Waals surface area contributed by atoms with Crippen LogP contribution in [-0.4, -0.2) is 17.3 Å². The predicted molar refractivity (Wildman–Crippen MR) is 63.7 cm³/mol. The second kappa shape index (κ2) is 5.56. The maximum absolute atomic E-state index is 13.0. The molecule has 1 aromatic carbocycles. The minimum atomic E-state index is -0.836. The van der Waals surface area contributed by atoms with Crippen molar-refractivity contribution >= 4 is 0 Å². The number of hydrogen-bond acceptors (Lipinski definition) is 2. The van der Waals surface area contributed by atoms with Crippen molar-refractivity contribution in [2.75, 3.05) is 6.54 Å². The van der Waals surface area contributed by atoms with Gasteiger partial charge in [0.25, 0.3) is 0 Å². The molecule has 1 aromatic rings. The Hall–Kier alpha value is -1.00. The van der Waals surface area contributed by atoms with Crippen molar-refractivity contribution in [2.24, 2.45) is 0 Å². The minimum absolute atomic E-state index is 0.0764. The van der Waals surface area contributed by atoms with Crippen molar-refractivity contribution in [2.45, 2.75) is 38.8 Å². The van der Waals surface area contributed by atoms with Crippen LogP contribution < -0.4 is 5.32 Å². The van der Waals surface area contributed by atoms with E-state index < -0.39 is 17.2 Å². The fourth-order valence-corrected chi connectivity index (χ4v) is 1.49. The summed E-state index contributed by atoms with van der Waals surface area (Å²) in [5.74, 6) is -1.67. The van der Waals surface area contributed by atoms with Gasteiger partial charge < -0.3 is 10.4 Å². The van der Waals surface area contributed by atoms with Crippen LogP contribution in [0.15, 0.2) is 18.2 Å². The molecule has 17 heavy (non-hydrogen) atoms. The highest BCUT2D eigenvalue weighted by molar-refractivity contribution is 5.20. The molecule has 0 aliphatic carbocycles. The molecule has 0 radical (unpaired) electrons. The zero-order valence-corrected chi connectivity index (χ0v) is 10.4. The van der Waals surface area contributed by atoms with Crippen LogP contribution in [0.2, 0.25) is 0 Å². The van der Waals surface area contributed by atoms with Gasteiger partial charge in [0.05, 0.1) is 5.60 Å². The van der Waals surface area contributed by atoms with E-state index >= 15 is 0 Å². The topological polar surface area (TPSA) is 32.3 Å². The lowest BCUT2D eigenvalue weighted by atomic mass is 10.0. The van der Waals surface area contributed by atoms with Crippen molar-refractivity contribution < 1.29 is 13.9 Å². The highest BCUT2D eigenvalue weighted by Gasteiger charge is 2.13. The first-order chi connectivity index (χ1) is 7.79. The minimum Gasteiger partial charge on any atom is -0.390 e. The van der Waals surface area contributed by atoms with Gasteiger partial charge in [0.1, 0.15) is 0 Å². The Bertz CT molecular complexity index is 374. The largest absolute Gasteiger partial charge is 0.390 e. The van der Waals surface area contributed by atoms with Gasteiger partial charge in [0, 0.05) is 6.04 Å². The van der Waals surface area contributed by atoms with Gasteiger partial charge in [-0.15, -0.1) is 0 Å². The molecular formula is C13H19F2NO. The van der Waals surface area contributed by atoms with Gasteiger partial charge in [-0.1, -0.05) is 6.07 Å². The van der Waals surface area contributed by atoms with E-state index in [-0.39, 0.29) is 6.04 Å². The zero-order valence-electron chi connectivity index (χ0n) is 10.4. The van der Waals surface area contributed by atoms with E-state index in [0.717, 1.165) is 6.07 Å². The van der Waals surface area contributed by atoms with Gasteiger partial charge in [-0.2, -0.15) is 0 Å². The average molecular weight is 243 g/mol. The molecule has 0 bridgehead atoms. The second-order valence-electron chi connectivity index (χ2n) is 4.91. The third-order valence-corrected chi connectivity index (χ3v) is 2.63. The summed E-state index contributed by atoms with van der Waals surface area (Å²) in [5, 5.41) is 12.7. The number of benzene rings is 1. The lowest BCUT2D eigenvalue weighted by Crippen LogP contribution is -2.28. The SMILES string of the molecule is C[C@H](NCCC(C)(C)O)c1ccc(F)c(F)c1. The summed E-state index contributed by atoms with van der Waals surface area (Å²) in [6, 6.07) is 3.79. The van der Waals surface area contributed by atoms with Gasteiger partial charge in [0.2, 0.25) is 0 Å². The van der Waals surface area contributed by atoms with Crippen LogP contribution in [0.25, 0.3) is 0 Å². The van der Waals surface area contributed by atoms with Crippen LogP contribution in [0.3, 0.4) is 0 Å². The van der Waals surface area contributed by atoms with E-state index in [1.165, 1.54) is 6.07 Å². The van der Waals surface area contributed by atoms with E-state index in [1.54, 1.807) is 19.9 Å². The average Bonchev–Trinajstić information content (AvgIpc) is 2.20. The fraction of sp³-hybridized carbons (Fsp3) is 0.538. The lowest BCUT2D eigenvalue weighted by Gasteiger charge is -2.20. The summed E-state index contributed by atoms with van der Waals surface area (Å²) in [6.45, 7) is 5.95. The van der Waals surface area contributed by atoms with Crippen LogP contribution in [0.1, 0.15) is 38.8 Å². The number of nitrogens with one attached hydrogen (secondary N) is 1. The summed E-state index contributed by atoms with van der Waals surface area (Å²) < 4.78 is 25.8. The Morgan fingerprint density at radius 2 is 1.94 bits per heavy atom. The third kappa shape index (κ3) is 4.79. The van der Waals surface area contributed by atoms with Gasteiger partial charge in [-0.05, 0) is 51.4 Å². The van der Waals surface area contributed by atoms with E-state index in [4.69, 9.17) is 0 Å². The first-order valence-electron chi connectivity index (χ1n) is 5.70.